The molecule has 0 aromatic rings. The summed E-state index contributed by atoms with van der Waals surface area (Å²) in [7, 11) is 0. The summed E-state index contributed by atoms with van der Waals surface area (Å²) in [5, 5.41) is 20.0. The zero-order chi connectivity index (χ0) is 28.3. The molecule has 0 atom stereocenters. The maximum Gasteiger partial charge on any atom is 0.0590 e. The highest BCUT2D eigenvalue weighted by molar-refractivity contribution is 7.99. The van der Waals surface area contributed by atoms with Crippen molar-refractivity contribution in [2.45, 2.75) is 64.2 Å². The van der Waals surface area contributed by atoms with E-state index in [9.17, 15) is 0 Å². The summed E-state index contributed by atoms with van der Waals surface area (Å²) >= 11 is 4.16. The first kappa shape index (κ1) is 38.4. The zero-order valence-corrected chi connectivity index (χ0v) is 27.5. The molecule has 0 amide bonds. The van der Waals surface area contributed by atoms with Crippen LogP contribution in [0.15, 0.2) is 0 Å². The molecular formula is C30H66N6O2S2. The Morgan fingerprint density at radius 1 is 0.275 bits per heavy atom. The molecule has 5 saturated heterocycles. The molecule has 5 heterocycles. The molecule has 10 heteroatoms. The Morgan fingerprint density at radius 2 is 0.675 bits per heavy atom. The lowest BCUT2D eigenvalue weighted by atomic mass is 10.3. The predicted octanol–water partition coefficient (Wildman–Crippen LogP) is 2.94. The van der Waals surface area contributed by atoms with Crippen LogP contribution >= 0.6 is 23.5 Å². The minimum atomic E-state index is 0.889. The Morgan fingerprint density at radius 3 is 1.32 bits per heavy atom. The van der Waals surface area contributed by atoms with Crippen molar-refractivity contribution in [3.63, 3.8) is 0 Å². The van der Waals surface area contributed by atoms with Crippen LogP contribution in [0.1, 0.15) is 64.2 Å². The Balaban J connectivity index is 0.000000250. The molecule has 0 bridgehead atoms. The summed E-state index contributed by atoms with van der Waals surface area (Å²) in [5.41, 5.74) is 0. The number of thioether (sulfide) groups is 2. The fraction of sp³-hybridized carbons (Fsp3) is 1.00. The van der Waals surface area contributed by atoms with Gasteiger partial charge in [0.05, 0.1) is 6.61 Å². The molecule has 5 fully saturated rings. The maximum atomic E-state index is 5.23. The van der Waals surface area contributed by atoms with Gasteiger partial charge in [0.1, 0.15) is 0 Å². The van der Waals surface area contributed by atoms with Gasteiger partial charge in [0.2, 0.25) is 0 Å². The molecule has 0 spiro atoms. The topological polar surface area (TPSA) is 90.6 Å². The Labute approximate surface area is 256 Å². The van der Waals surface area contributed by atoms with Crippen LogP contribution in [0.4, 0.5) is 0 Å². The molecular weight excluding hydrogens is 541 g/mol. The zero-order valence-electron chi connectivity index (χ0n) is 25.8. The summed E-state index contributed by atoms with van der Waals surface area (Å²) in [6.45, 7) is 17.8. The summed E-state index contributed by atoms with van der Waals surface area (Å²) in [6.07, 6.45) is 12.8. The summed E-state index contributed by atoms with van der Waals surface area (Å²) < 4.78 is 10.4. The normalized spacial score (nSPS) is 24.0. The van der Waals surface area contributed by atoms with Crippen molar-refractivity contribution >= 4 is 23.5 Å². The van der Waals surface area contributed by atoms with Crippen LogP contribution in [-0.2, 0) is 9.47 Å². The van der Waals surface area contributed by atoms with Crippen LogP contribution in [0.25, 0.3) is 0 Å². The Hall–Kier alpha value is 0.380. The molecule has 40 heavy (non-hydrogen) atoms. The van der Waals surface area contributed by atoms with Gasteiger partial charge in [-0.3, -0.25) is 0 Å². The molecule has 0 saturated carbocycles. The van der Waals surface area contributed by atoms with Crippen LogP contribution in [0, 0.1) is 0 Å². The molecule has 6 N–H and O–H groups in total. The van der Waals surface area contributed by atoms with Crippen LogP contribution in [0.2, 0.25) is 0 Å². The van der Waals surface area contributed by atoms with Gasteiger partial charge in [-0.25, -0.2) is 0 Å². The number of hydrogen-bond acceptors (Lipinski definition) is 10. The number of hydrogen-bond donors (Lipinski definition) is 6. The van der Waals surface area contributed by atoms with Gasteiger partial charge in [-0.15, -0.1) is 0 Å². The first-order valence-electron chi connectivity index (χ1n) is 16.6. The fourth-order valence-corrected chi connectivity index (χ4v) is 6.03. The van der Waals surface area contributed by atoms with Crippen LogP contribution in [0.5, 0.6) is 0 Å². The van der Waals surface area contributed by atoms with E-state index in [1.54, 1.807) is 0 Å². The quantitative estimate of drug-likeness (QED) is 0.247. The SMILES string of the molecule is C1CCOCCNC1.C1CCSCCNC1.C1CNCCCNC1.C1CNCCCOC1.C1CNCCCSC1. The van der Waals surface area contributed by atoms with Gasteiger partial charge in [-0.2, -0.15) is 23.5 Å². The standard InChI is InChI=1S/C6H14N2.2C6H13NO.2C6H13NS/c1-3-7-5-2-6-8-4-1;1-3-7-4-2-6-8-5-1;1-2-5-8-6-4-7-3-1;1-3-7-4-2-6-8-5-1;1-2-5-8-6-4-7-3-1/h7-8H,1-6H2;4*7H,1-6H2. The van der Waals surface area contributed by atoms with Crippen molar-refractivity contribution in [3.8, 4) is 0 Å². The lowest BCUT2D eigenvalue weighted by Crippen LogP contribution is -2.29. The molecule has 0 radical (unpaired) electrons. The van der Waals surface area contributed by atoms with Gasteiger partial charge in [-0.1, -0.05) is 0 Å². The fourth-order valence-electron chi connectivity index (χ4n) is 4.23. The van der Waals surface area contributed by atoms with Crippen molar-refractivity contribution < 1.29 is 9.47 Å². The monoisotopic (exact) mass is 606 g/mol. The van der Waals surface area contributed by atoms with E-state index in [0.29, 0.717) is 0 Å². The number of nitrogens with one attached hydrogen (secondary N) is 6. The number of ether oxygens (including phenoxy) is 2. The first-order chi connectivity index (χ1) is 20.0. The van der Waals surface area contributed by atoms with Gasteiger partial charge in [0, 0.05) is 38.7 Å². The van der Waals surface area contributed by atoms with Crippen LogP contribution in [-0.4, -0.2) is 128 Å². The average Bonchev–Trinajstić information content (AvgIpc) is 2.84. The van der Waals surface area contributed by atoms with Gasteiger partial charge in [0.15, 0.2) is 0 Å². The smallest absolute Gasteiger partial charge is 0.0590 e. The molecule has 0 aromatic carbocycles. The second-order valence-electron chi connectivity index (χ2n) is 10.5. The van der Waals surface area contributed by atoms with Crippen molar-refractivity contribution in [2.24, 2.45) is 0 Å². The second kappa shape index (κ2) is 35.6. The van der Waals surface area contributed by atoms with E-state index in [1.165, 1.54) is 146 Å². The van der Waals surface area contributed by atoms with Crippen molar-refractivity contribution in [3.05, 3.63) is 0 Å². The lowest BCUT2D eigenvalue weighted by molar-refractivity contribution is 0.120. The van der Waals surface area contributed by atoms with Crippen molar-refractivity contribution in [1.29, 1.82) is 0 Å². The van der Waals surface area contributed by atoms with E-state index in [4.69, 9.17) is 9.47 Å². The molecule has 8 nitrogen and oxygen atoms in total. The summed E-state index contributed by atoms with van der Waals surface area (Å²) in [6, 6.07) is 0. The van der Waals surface area contributed by atoms with Crippen molar-refractivity contribution in [2.75, 3.05) is 128 Å². The average molecular weight is 607 g/mol. The van der Waals surface area contributed by atoms with Crippen LogP contribution < -0.4 is 31.9 Å². The van der Waals surface area contributed by atoms with Crippen LogP contribution in [0.3, 0.4) is 0 Å². The highest BCUT2D eigenvalue weighted by atomic mass is 32.2. The summed E-state index contributed by atoms with van der Waals surface area (Å²) in [4.78, 5) is 0. The third-order valence-electron chi connectivity index (χ3n) is 6.61. The van der Waals surface area contributed by atoms with Gasteiger partial charge >= 0.3 is 0 Å². The van der Waals surface area contributed by atoms with E-state index >= 15 is 0 Å². The summed E-state index contributed by atoms with van der Waals surface area (Å²) in [5.74, 6) is 5.39. The second-order valence-corrected chi connectivity index (χ2v) is 12.9. The Bertz CT molecular complexity index is 259. The highest BCUT2D eigenvalue weighted by Gasteiger charge is 1.97. The third-order valence-corrected chi connectivity index (χ3v) is 8.84. The molecule has 0 unspecified atom stereocenters. The van der Waals surface area contributed by atoms with E-state index in [-0.39, 0.29) is 0 Å². The molecule has 5 rings (SSSR count). The third kappa shape index (κ3) is 32.9. The minimum absolute atomic E-state index is 0.889. The number of rotatable bonds is 0. The molecule has 240 valence electrons. The predicted molar refractivity (Wildman–Crippen MR) is 180 cm³/mol. The molecule has 5 aliphatic heterocycles. The van der Waals surface area contributed by atoms with E-state index < -0.39 is 0 Å². The largest absolute Gasteiger partial charge is 0.381 e. The van der Waals surface area contributed by atoms with E-state index in [0.717, 1.165) is 46.1 Å². The molecule has 0 aliphatic carbocycles. The van der Waals surface area contributed by atoms with Gasteiger partial charge in [-0.05, 0) is 147 Å². The molecule has 5 aliphatic rings. The Kier molecular flexibility index (Phi) is 34.2. The van der Waals surface area contributed by atoms with Crippen molar-refractivity contribution in [1.82, 2.24) is 31.9 Å². The lowest BCUT2D eigenvalue weighted by Gasteiger charge is -2.09. The molecule has 0 aromatic heterocycles. The van der Waals surface area contributed by atoms with E-state index in [1.807, 2.05) is 0 Å². The maximum absolute atomic E-state index is 5.23. The highest BCUT2D eigenvalue weighted by Crippen LogP contribution is 2.05. The minimum Gasteiger partial charge on any atom is -0.381 e. The van der Waals surface area contributed by atoms with E-state index in [2.05, 4.69) is 55.4 Å². The van der Waals surface area contributed by atoms with Gasteiger partial charge in [0.25, 0.3) is 0 Å². The first-order valence-corrected chi connectivity index (χ1v) is 18.9. The van der Waals surface area contributed by atoms with Gasteiger partial charge < -0.3 is 41.4 Å².